The highest BCUT2D eigenvalue weighted by Gasteiger charge is 2.58. The average Bonchev–Trinajstić information content (AvgIpc) is 3.79. The minimum Gasteiger partial charge on any atom is -0.0654 e. The summed E-state index contributed by atoms with van der Waals surface area (Å²) in [7, 11) is 0. The summed E-state index contributed by atoms with van der Waals surface area (Å²) in [6.07, 6.45) is 52.7. The number of hydrogen-bond donors (Lipinski definition) is 0. The highest BCUT2D eigenvalue weighted by molar-refractivity contribution is 5.06. The van der Waals surface area contributed by atoms with Crippen LogP contribution >= 0.6 is 0 Å². The minimum absolute atomic E-state index is 0.932. The van der Waals surface area contributed by atoms with Gasteiger partial charge in [0.15, 0.2) is 0 Å². The molecule has 0 aliphatic heterocycles. The van der Waals surface area contributed by atoms with Gasteiger partial charge in [-0.25, -0.2) is 0 Å². The number of rotatable bonds is 17. The van der Waals surface area contributed by atoms with Crippen molar-refractivity contribution in [1.29, 1.82) is 0 Å². The van der Waals surface area contributed by atoms with E-state index < -0.39 is 0 Å². The van der Waals surface area contributed by atoms with E-state index in [0.717, 1.165) is 124 Å². The van der Waals surface area contributed by atoms with E-state index in [9.17, 15) is 0 Å². The fourth-order valence-electron chi connectivity index (χ4n) is 20.7. The van der Waals surface area contributed by atoms with Gasteiger partial charge in [0, 0.05) is 0 Å². The Balaban J connectivity index is 1.11. The summed E-state index contributed by atoms with van der Waals surface area (Å²) < 4.78 is 0. The van der Waals surface area contributed by atoms with Crippen molar-refractivity contribution in [2.75, 3.05) is 0 Å². The quantitative estimate of drug-likeness (QED) is 0.128. The van der Waals surface area contributed by atoms with Crippen molar-refractivity contribution in [3.8, 4) is 0 Å². The molecule has 8 saturated carbocycles. The summed E-state index contributed by atoms with van der Waals surface area (Å²) in [5.74, 6) is 21.5. The lowest BCUT2D eigenvalue weighted by atomic mass is 9.43. The number of unbranched alkanes of at least 4 members (excludes halogenated alkanes) is 3. The maximum Gasteiger partial charge on any atom is -0.0321 e. The topological polar surface area (TPSA) is 0 Å². The molecule has 358 valence electrons. The zero-order valence-electron chi connectivity index (χ0n) is 43.2. The van der Waals surface area contributed by atoms with Crippen LogP contribution in [0.2, 0.25) is 0 Å². The Hall–Kier alpha value is 0. The largest absolute Gasteiger partial charge is 0.0654 e. The molecule has 0 aromatic heterocycles. The molecule has 0 bridgehead atoms. The summed E-state index contributed by atoms with van der Waals surface area (Å²) in [5, 5.41) is 0. The van der Waals surface area contributed by atoms with E-state index in [0.29, 0.717) is 0 Å². The van der Waals surface area contributed by atoms with Gasteiger partial charge in [-0.1, -0.05) is 196 Å². The highest BCUT2D eigenvalue weighted by Crippen LogP contribution is 2.65. The molecule has 8 fully saturated rings. The Morgan fingerprint density at radius 3 is 1.61 bits per heavy atom. The van der Waals surface area contributed by atoms with Crippen LogP contribution in [0.5, 0.6) is 0 Å². The predicted octanol–water partition coefficient (Wildman–Crippen LogP) is 19.4. The van der Waals surface area contributed by atoms with Crippen LogP contribution < -0.4 is 0 Å². The zero-order chi connectivity index (χ0) is 43.2. The third-order valence-electron chi connectivity index (χ3n) is 23.4. The van der Waals surface area contributed by atoms with Crippen LogP contribution in [-0.2, 0) is 0 Å². The average molecular weight is 856 g/mol. The van der Waals surface area contributed by atoms with Gasteiger partial charge in [0.25, 0.3) is 0 Å². The van der Waals surface area contributed by atoms with Gasteiger partial charge in [-0.05, 0) is 195 Å². The summed E-state index contributed by atoms with van der Waals surface area (Å²) in [5.41, 5.74) is 0. The van der Waals surface area contributed by atoms with Crippen molar-refractivity contribution in [1.82, 2.24) is 0 Å². The molecule has 0 spiro atoms. The minimum atomic E-state index is 0.932. The van der Waals surface area contributed by atoms with Gasteiger partial charge in [0.05, 0.1) is 0 Å². The maximum atomic E-state index is 2.83. The van der Waals surface area contributed by atoms with Crippen molar-refractivity contribution >= 4 is 0 Å². The van der Waals surface area contributed by atoms with Crippen LogP contribution in [0.3, 0.4) is 0 Å². The molecule has 0 aromatic rings. The molecule has 8 aliphatic carbocycles. The summed E-state index contributed by atoms with van der Waals surface area (Å²) in [6, 6.07) is 0. The van der Waals surface area contributed by atoms with Crippen LogP contribution in [-0.4, -0.2) is 0 Å². The van der Waals surface area contributed by atoms with Crippen molar-refractivity contribution < 1.29 is 0 Å². The summed E-state index contributed by atoms with van der Waals surface area (Å²) in [4.78, 5) is 0. The van der Waals surface area contributed by atoms with Crippen molar-refractivity contribution in [2.45, 2.75) is 267 Å². The van der Waals surface area contributed by atoms with E-state index in [1.54, 1.807) is 141 Å². The van der Waals surface area contributed by atoms with E-state index in [1.165, 1.54) is 77.0 Å². The molecule has 0 radical (unpaired) electrons. The molecular formula is C62H110. The molecule has 0 nitrogen and oxygen atoms in total. The lowest BCUT2D eigenvalue weighted by Crippen LogP contribution is -2.56. The predicted molar refractivity (Wildman–Crippen MR) is 270 cm³/mol. The molecule has 0 N–H and O–H groups in total. The highest BCUT2D eigenvalue weighted by atomic mass is 14.6. The standard InChI is InChI=1S/C62H110/c1-8-11-15-25-43(5)60-51(10-3)56(62(55-33-23-21-31-53(55)60)58-41-57(45(58)7)47-28-18-14-19-29-47)39-38-48-35-34-44(6)59(42(4)24-12-9-2)52-30-20-22-32-54(52)61(48)50-37-36-49(40-50)46-26-16-13-17-27-46/h42-62H,8-41H2,1-7H3. The van der Waals surface area contributed by atoms with Crippen LogP contribution in [0.25, 0.3) is 0 Å². The van der Waals surface area contributed by atoms with Gasteiger partial charge < -0.3 is 0 Å². The maximum absolute atomic E-state index is 2.83. The van der Waals surface area contributed by atoms with Crippen molar-refractivity contribution in [3.05, 3.63) is 0 Å². The van der Waals surface area contributed by atoms with Crippen LogP contribution in [0.1, 0.15) is 267 Å². The lowest BCUT2D eigenvalue weighted by molar-refractivity contribution is -0.140. The van der Waals surface area contributed by atoms with Gasteiger partial charge in [-0.15, -0.1) is 0 Å². The van der Waals surface area contributed by atoms with Crippen LogP contribution in [0.4, 0.5) is 0 Å². The van der Waals surface area contributed by atoms with E-state index in [4.69, 9.17) is 0 Å². The van der Waals surface area contributed by atoms with Crippen LogP contribution in [0, 0.1) is 124 Å². The second-order valence-corrected chi connectivity index (χ2v) is 26.3. The first-order valence-corrected chi connectivity index (χ1v) is 30.3. The number of fused-ring (bicyclic) bond motifs is 2. The van der Waals surface area contributed by atoms with E-state index in [2.05, 4.69) is 48.5 Å². The zero-order valence-corrected chi connectivity index (χ0v) is 43.2. The van der Waals surface area contributed by atoms with Crippen LogP contribution in [0.15, 0.2) is 0 Å². The molecule has 8 rings (SSSR count). The molecular weight excluding hydrogens is 745 g/mol. The second-order valence-electron chi connectivity index (χ2n) is 26.3. The Morgan fingerprint density at radius 2 is 0.968 bits per heavy atom. The first kappa shape index (κ1) is 48.5. The lowest BCUT2D eigenvalue weighted by Gasteiger charge is -2.62. The van der Waals surface area contributed by atoms with E-state index in [-0.39, 0.29) is 0 Å². The Morgan fingerprint density at radius 1 is 0.403 bits per heavy atom. The molecule has 19 atom stereocenters. The Bertz CT molecular complexity index is 1270. The Labute approximate surface area is 389 Å². The molecule has 0 heterocycles. The monoisotopic (exact) mass is 855 g/mol. The molecule has 0 heteroatoms. The smallest absolute Gasteiger partial charge is 0.0321 e. The first-order chi connectivity index (χ1) is 30.3. The van der Waals surface area contributed by atoms with Crippen molar-refractivity contribution in [2.24, 2.45) is 124 Å². The normalized spacial score (nSPS) is 44.7. The third-order valence-corrected chi connectivity index (χ3v) is 23.4. The van der Waals surface area contributed by atoms with E-state index in [1.807, 2.05) is 0 Å². The summed E-state index contributed by atoms with van der Waals surface area (Å²) in [6.45, 7) is 18.8. The van der Waals surface area contributed by atoms with Gasteiger partial charge in [0.1, 0.15) is 0 Å². The van der Waals surface area contributed by atoms with E-state index >= 15 is 0 Å². The SMILES string of the molecule is CCCCCC(C)C1C(CC)C(CCC2CCC(C)C(C(C)CCCC)C3CCCCC3C2C2CCC(C3CCCCC3)C2)C(C2CC(C3CCCCC3)C2C)C2CCCCC21. The second kappa shape index (κ2) is 23.3. The fourth-order valence-corrected chi connectivity index (χ4v) is 20.7. The van der Waals surface area contributed by atoms with Gasteiger partial charge in [-0.2, -0.15) is 0 Å². The molecule has 62 heavy (non-hydrogen) atoms. The molecule has 0 amide bonds. The summed E-state index contributed by atoms with van der Waals surface area (Å²) >= 11 is 0. The number of hydrogen-bond acceptors (Lipinski definition) is 0. The fraction of sp³-hybridized carbons (Fsp3) is 1.00. The molecule has 0 saturated heterocycles. The molecule has 0 aromatic carbocycles. The van der Waals surface area contributed by atoms with Gasteiger partial charge in [0.2, 0.25) is 0 Å². The molecule has 19 unspecified atom stereocenters. The van der Waals surface area contributed by atoms with Gasteiger partial charge >= 0.3 is 0 Å². The first-order valence-electron chi connectivity index (χ1n) is 30.3. The molecule has 8 aliphatic rings. The van der Waals surface area contributed by atoms with Gasteiger partial charge in [-0.3, -0.25) is 0 Å². The third kappa shape index (κ3) is 10.7. The van der Waals surface area contributed by atoms with Crippen molar-refractivity contribution in [3.63, 3.8) is 0 Å². The Kier molecular flexibility index (Phi) is 18.2.